The Morgan fingerprint density at radius 3 is 1.98 bits per heavy atom. The number of nitro groups is 1. The molecule has 43 heavy (non-hydrogen) atoms. The maximum atomic E-state index is 13.1. The zero-order valence-electron chi connectivity index (χ0n) is 22.8. The molecule has 5 rings (SSSR count). The number of benzene rings is 2. The second kappa shape index (κ2) is 13.4. The van der Waals surface area contributed by atoms with Crippen LogP contribution in [0.4, 0.5) is 36.7 Å². The number of aromatic nitrogens is 3. The molecular formula is C27H27Br2F3N8O3. The van der Waals surface area contributed by atoms with Crippen LogP contribution in [0.2, 0.25) is 0 Å². The Morgan fingerprint density at radius 2 is 1.47 bits per heavy atom. The van der Waals surface area contributed by atoms with Crippen LogP contribution in [0, 0.1) is 10.1 Å². The molecule has 0 radical (unpaired) electrons. The lowest BCUT2D eigenvalue weighted by molar-refractivity contribution is -0.385. The van der Waals surface area contributed by atoms with Crippen molar-refractivity contribution in [3.05, 3.63) is 60.5 Å². The molecule has 1 N–H and O–H groups in total. The lowest BCUT2D eigenvalue weighted by Gasteiger charge is -2.30. The molecule has 2 saturated heterocycles. The van der Waals surface area contributed by atoms with Gasteiger partial charge in [-0.3, -0.25) is 10.1 Å². The molecule has 0 saturated carbocycles. The number of rotatable bonds is 8. The highest BCUT2D eigenvalue weighted by Crippen LogP contribution is 2.42. The van der Waals surface area contributed by atoms with E-state index in [4.69, 9.17) is 9.72 Å². The molecule has 3 heterocycles. The number of nitro benzene ring substituents is 1. The third kappa shape index (κ3) is 7.71. The van der Waals surface area contributed by atoms with E-state index in [2.05, 4.69) is 62.2 Å². The van der Waals surface area contributed by atoms with E-state index in [0.717, 1.165) is 64.0 Å². The molecular weight excluding hydrogens is 701 g/mol. The van der Waals surface area contributed by atoms with E-state index in [1.54, 1.807) is 12.1 Å². The van der Waals surface area contributed by atoms with Gasteiger partial charge in [-0.25, -0.2) is 5.43 Å². The van der Waals surface area contributed by atoms with Crippen molar-refractivity contribution < 1.29 is 22.8 Å². The molecule has 2 aliphatic heterocycles. The highest BCUT2D eigenvalue weighted by atomic mass is 79.9. The fourth-order valence-electron chi connectivity index (χ4n) is 4.82. The first-order valence-corrected chi connectivity index (χ1v) is 15.2. The summed E-state index contributed by atoms with van der Waals surface area (Å²) in [6.45, 7) is 3.55. The topological polar surface area (TPSA) is 122 Å². The number of nitrogens with one attached hydrogen (secondary N) is 1. The summed E-state index contributed by atoms with van der Waals surface area (Å²) in [7, 11) is 0. The first kappa shape index (κ1) is 30.9. The number of ether oxygens (including phenoxy) is 1. The average Bonchev–Trinajstić information content (AvgIpc) is 2.99. The van der Waals surface area contributed by atoms with E-state index < -0.39 is 22.4 Å². The number of anilines is 3. The van der Waals surface area contributed by atoms with Gasteiger partial charge in [-0.2, -0.15) is 33.2 Å². The van der Waals surface area contributed by atoms with Crippen molar-refractivity contribution in [2.24, 2.45) is 5.10 Å². The standard InChI is InChI=1S/C27H27Br2F3N8O3/c28-19-13-17(14-20(29)23(19)43-22-8-7-18(27(30,31)32)15-21(22)40(41)42)16-33-37-24-34-25(38-9-3-1-4-10-38)36-26(35-24)39-11-5-2-6-12-39/h7-8,13-16H,1-6,9-12H2,(H,34,35,36,37)/b33-16-. The van der Waals surface area contributed by atoms with Crippen molar-refractivity contribution in [3.63, 3.8) is 0 Å². The maximum Gasteiger partial charge on any atom is 0.416 e. The third-order valence-electron chi connectivity index (χ3n) is 6.98. The number of piperidine rings is 2. The Balaban J connectivity index is 1.34. The van der Waals surface area contributed by atoms with Crippen LogP contribution >= 0.6 is 31.9 Å². The van der Waals surface area contributed by atoms with Crippen molar-refractivity contribution >= 4 is 61.6 Å². The lowest BCUT2D eigenvalue weighted by atomic mass is 10.1. The molecule has 0 amide bonds. The highest BCUT2D eigenvalue weighted by molar-refractivity contribution is 9.11. The number of nitrogens with zero attached hydrogens (tertiary/aromatic N) is 7. The zero-order chi connectivity index (χ0) is 30.6. The van der Waals surface area contributed by atoms with Crippen molar-refractivity contribution in [1.82, 2.24) is 15.0 Å². The third-order valence-corrected chi connectivity index (χ3v) is 8.16. The summed E-state index contributed by atoms with van der Waals surface area (Å²) in [6.07, 6.45) is 3.51. The van der Waals surface area contributed by atoms with Crippen molar-refractivity contribution in [2.75, 3.05) is 41.4 Å². The number of hydrogen-bond acceptors (Lipinski definition) is 10. The molecule has 0 unspecified atom stereocenters. The number of hydrogen-bond donors (Lipinski definition) is 1. The van der Waals surface area contributed by atoms with Gasteiger partial charge in [0.15, 0.2) is 5.75 Å². The van der Waals surface area contributed by atoms with Gasteiger partial charge in [0.1, 0.15) is 0 Å². The van der Waals surface area contributed by atoms with Crippen LogP contribution in [-0.4, -0.2) is 52.3 Å². The van der Waals surface area contributed by atoms with Gasteiger partial charge < -0.3 is 14.5 Å². The van der Waals surface area contributed by atoms with E-state index >= 15 is 0 Å². The first-order chi connectivity index (χ1) is 20.6. The summed E-state index contributed by atoms with van der Waals surface area (Å²) < 4.78 is 45.7. The smallest absolute Gasteiger partial charge is 0.416 e. The molecule has 1 aromatic heterocycles. The molecule has 0 atom stereocenters. The van der Waals surface area contributed by atoms with E-state index in [9.17, 15) is 23.3 Å². The molecule has 2 fully saturated rings. The second-order valence-electron chi connectivity index (χ2n) is 10.1. The molecule has 0 aliphatic carbocycles. The average molecular weight is 728 g/mol. The van der Waals surface area contributed by atoms with Gasteiger partial charge in [-0.05, 0) is 100 Å². The van der Waals surface area contributed by atoms with Gasteiger partial charge in [0.2, 0.25) is 23.6 Å². The summed E-state index contributed by atoms with van der Waals surface area (Å²) in [6, 6.07) is 5.38. The van der Waals surface area contributed by atoms with Crippen LogP contribution in [0.3, 0.4) is 0 Å². The fourth-order valence-corrected chi connectivity index (χ4v) is 6.21. The predicted molar refractivity (Wildman–Crippen MR) is 163 cm³/mol. The van der Waals surface area contributed by atoms with E-state index in [-0.39, 0.29) is 11.5 Å². The van der Waals surface area contributed by atoms with Gasteiger partial charge in [-0.15, -0.1) is 0 Å². The zero-order valence-corrected chi connectivity index (χ0v) is 26.0. The molecule has 16 heteroatoms. The maximum absolute atomic E-state index is 13.1. The molecule has 2 aromatic carbocycles. The molecule has 0 spiro atoms. The van der Waals surface area contributed by atoms with Crippen LogP contribution in [0.15, 0.2) is 44.4 Å². The molecule has 11 nitrogen and oxygen atoms in total. The first-order valence-electron chi connectivity index (χ1n) is 13.7. The van der Waals surface area contributed by atoms with Gasteiger partial charge in [-0.1, -0.05) is 0 Å². The van der Waals surface area contributed by atoms with Gasteiger partial charge in [0, 0.05) is 32.2 Å². The lowest BCUT2D eigenvalue weighted by Crippen LogP contribution is -2.34. The summed E-state index contributed by atoms with van der Waals surface area (Å²) in [5.41, 5.74) is 1.56. The van der Waals surface area contributed by atoms with E-state index in [1.807, 2.05) is 0 Å². The van der Waals surface area contributed by atoms with Crippen molar-refractivity contribution in [2.45, 2.75) is 44.7 Å². The fraction of sp³-hybridized carbons (Fsp3) is 0.407. The minimum absolute atomic E-state index is 0.141. The Labute approximate surface area is 262 Å². The van der Waals surface area contributed by atoms with Crippen LogP contribution in [0.25, 0.3) is 0 Å². The molecule has 0 bridgehead atoms. The molecule has 3 aromatic rings. The summed E-state index contributed by atoms with van der Waals surface area (Å²) in [5, 5.41) is 15.8. The number of halogens is 5. The highest BCUT2D eigenvalue weighted by Gasteiger charge is 2.33. The minimum Gasteiger partial charge on any atom is -0.448 e. The van der Waals surface area contributed by atoms with Crippen molar-refractivity contribution in [1.29, 1.82) is 0 Å². The Morgan fingerprint density at radius 1 is 0.907 bits per heavy atom. The number of hydrazone groups is 1. The molecule has 2 aliphatic rings. The molecule has 228 valence electrons. The van der Waals surface area contributed by atoms with Crippen LogP contribution < -0.4 is 20.0 Å². The van der Waals surface area contributed by atoms with Gasteiger partial charge >= 0.3 is 11.9 Å². The summed E-state index contributed by atoms with van der Waals surface area (Å²) in [4.78, 5) is 28.9. The number of alkyl halides is 3. The Bertz CT molecular complexity index is 1450. The van der Waals surface area contributed by atoms with Crippen LogP contribution in [-0.2, 0) is 6.18 Å². The largest absolute Gasteiger partial charge is 0.448 e. The summed E-state index contributed by atoms with van der Waals surface area (Å²) in [5.74, 6) is 1.36. The monoisotopic (exact) mass is 726 g/mol. The van der Waals surface area contributed by atoms with Gasteiger partial charge in [0.25, 0.3) is 0 Å². The van der Waals surface area contributed by atoms with Crippen LogP contribution in [0.5, 0.6) is 11.5 Å². The Hall–Kier alpha value is -3.53. The normalized spacial score (nSPS) is 16.0. The van der Waals surface area contributed by atoms with E-state index in [1.165, 1.54) is 19.1 Å². The second-order valence-corrected chi connectivity index (χ2v) is 11.8. The quantitative estimate of drug-likeness (QED) is 0.142. The SMILES string of the molecule is O=[N+]([O-])c1cc(C(F)(F)F)ccc1Oc1c(Br)cc(/C=N\Nc2nc(N3CCCCC3)nc(N3CCCCC3)n2)cc1Br. The van der Waals surface area contributed by atoms with Crippen LogP contribution in [0.1, 0.15) is 49.7 Å². The van der Waals surface area contributed by atoms with E-state index in [0.29, 0.717) is 38.4 Å². The minimum atomic E-state index is -4.73. The van der Waals surface area contributed by atoms with Crippen molar-refractivity contribution in [3.8, 4) is 11.5 Å². The predicted octanol–water partition coefficient (Wildman–Crippen LogP) is 7.54. The Kier molecular flexibility index (Phi) is 9.64. The van der Waals surface area contributed by atoms with Gasteiger partial charge in [0.05, 0.1) is 25.6 Å². The summed E-state index contributed by atoms with van der Waals surface area (Å²) >= 11 is 6.75.